The van der Waals surface area contributed by atoms with Crippen LogP contribution >= 0.6 is 0 Å². The lowest BCUT2D eigenvalue weighted by atomic mass is 9.82. The maximum absolute atomic E-state index is 12.0. The van der Waals surface area contributed by atoms with Crippen molar-refractivity contribution in [3.63, 3.8) is 0 Å². The second-order valence-corrected chi connectivity index (χ2v) is 5.53. The van der Waals surface area contributed by atoms with Crippen molar-refractivity contribution in [3.05, 3.63) is 18.1 Å². The number of likely N-dealkylation sites (tertiary alicyclic amines) is 1. The number of amides is 2. The van der Waals surface area contributed by atoms with Crippen molar-refractivity contribution < 1.29 is 9.59 Å². The van der Waals surface area contributed by atoms with Crippen molar-refractivity contribution in [1.29, 1.82) is 0 Å². The zero-order chi connectivity index (χ0) is 14.0. The molecule has 6 heteroatoms. The number of anilines is 1. The van der Waals surface area contributed by atoms with Crippen LogP contribution in [-0.2, 0) is 16.1 Å². The van der Waals surface area contributed by atoms with E-state index in [9.17, 15) is 9.59 Å². The van der Waals surface area contributed by atoms with E-state index >= 15 is 0 Å². The first-order valence-corrected chi connectivity index (χ1v) is 6.23. The van der Waals surface area contributed by atoms with Crippen molar-refractivity contribution >= 4 is 17.6 Å². The lowest BCUT2D eigenvalue weighted by molar-refractivity contribution is -0.153. The lowest BCUT2D eigenvalue weighted by Gasteiger charge is -2.34. The minimum absolute atomic E-state index is 0.138. The Morgan fingerprint density at radius 3 is 2.32 bits per heavy atom. The van der Waals surface area contributed by atoms with Gasteiger partial charge in [-0.2, -0.15) is 0 Å². The van der Waals surface area contributed by atoms with Gasteiger partial charge in [0.25, 0.3) is 0 Å². The number of hydrogen-bond donors (Lipinski definition) is 1. The summed E-state index contributed by atoms with van der Waals surface area (Å²) in [5.41, 5.74) is 0.368. The quantitative estimate of drug-likeness (QED) is 0.828. The van der Waals surface area contributed by atoms with Crippen LogP contribution in [0.25, 0.3) is 0 Å². The topological polar surface area (TPSA) is 75.2 Å². The van der Waals surface area contributed by atoms with Crippen LogP contribution in [0.5, 0.6) is 0 Å². The minimum Gasteiger partial charge on any atom is -0.372 e. The van der Waals surface area contributed by atoms with Gasteiger partial charge < -0.3 is 5.32 Å². The monoisotopic (exact) mass is 262 g/mol. The Morgan fingerprint density at radius 2 is 1.84 bits per heavy atom. The third-order valence-electron chi connectivity index (χ3n) is 3.14. The Morgan fingerprint density at radius 1 is 1.21 bits per heavy atom. The molecule has 0 spiro atoms. The van der Waals surface area contributed by atoms with E-state index in [2.05, 4.69) is 15.3 Å². The molecule has 0 unspecified atom stereocenters. The fraction of sp³-hybridized carbons (Fsp3) is 0.538. The van der Waals surface area contributed by atoms with Gasteiger partial charge in [0.05, 0.1) is 24.6 Å². The van der Waals surface area contributed by atoms with Gasteiger partial charge in [0.2, 0.25) is 11.8 Å². The molecule has 1 aliphatic rings. The summed E-state index contributed by atoms with van der Waals surface area (Å²) in [7, 11) is 1.75. The van der Waals surface area contributed by atoms with E-state index in [1.807, 2.05) is 13.8 Å². The van der Waals surface area contributed by atoms with Gasteiger partial charge in [-0.05, 0) is 5.41 Å². The van der Waals surface area contributed by atoms with Crippen LogP contribution in [0, 0.1) is 5.41 Å². The third kappa shape index (κ3) is 3.07. The number of imide groups is 1. The molecular formula is C13H18N4O2. The second-order valence-electron chi connectivity index (χ2n) is 5.53. The Kier molecular flexibility index (Phi) is 3.50. The van der Waals surface area contributed by atoms with E-state index in [-0.39, 0.29) is 23.8 Å². The smallest absolute Gasteiger partial charge is 0.230 e. The minimum atomic E-state index is -0.244. The summed E-state index contributed by atoms with van der Waals surface area (Å²) in [6.45, 7) is 4.06. The molecule has 2 heterocycles. The van der Waals surface area contributed by atoms with Gasteiger partial charge >= 0.3 is 0 Å². The largest absolute Gasteiger partial charge is 0.372 e. The van der Waals surface area contributed by atoms with Crippen LogP contribution in [0.15, 0.2) is 12.4 Å². The number of aromatic nitrogens is 2. The Bertz CT molecular complexity index is 476. The maximum Gasteiger partial charge on any atom is 0.230 e. The van der Waals surface area contributed by atoms with Crippen LogP contribution < -0.4 is 5.32 Å². The maximum atomic E-state index is 12.0. The summed E-state index contributed by atoms with van der Waals surface area (Å²) in [6, 6.07) is 0. The van der Waals surface area contributed by atoms with Crippen molar-refractivity contribution in [2.45, 2.75) is 33.2 Å². The van der Waals surface area contributed by atoms with E-state index in [1.54, 1.807) is 19.4 Å². The molecule has 1 aromatic heterocycles. The van der Waals surface area contributed by atoms with E-state index in [0.717, 1.165) is 0 Å². The van der Waals surface area contributed by atoms with Crippen LogP contribution in [0.3, 0.4) is 0 Å². The predicted octanol–water partition coefficient (Wildman–Crippen LogP) is 1.19. The number of piperidine rings is 1. The molecule has 0 aliphatic carbocycles. The Labute approximate surface area is 112 Å². The molecule has 1 N–H and O–H groups in total. The molecular weight excluding hydrogens is 244 g/mol. The van der Waals surface area contributed by atoms with Gasteiger partial charge in [-0.1, -0.05) is 13.8 Å². The van der Waals surface area contributed by atoms with Gasteiger partial charge in [-0.3, -0.25) is 19.5 Å². The highest BCUT2D eigenvalue weighted by Gasteiger charge is 2.37. The third-order valence-corrected chi connectivity index (χ3v) is 3.14. The fourth-order valence-corrected chi connectivity index (χ4v) is 2.12. The van der Waals surface area contributed by atoms with Gasteiger partial charge in [0.15, 0.2) is 0 Å². The number of nitrogens with zero attached hydrogens (tertiary/aromatic N) is 3. The summed E-state index contributed by atoms with van der Waals surface area (Å²) < 4.78 is 0. The molecule has 6 nitrogen and oxygen atoms in total. The molecule has 1 saturated heterocycles. The zero-order valence-electron chi connectivity index (χ0n) is 11.4. The second kappa shape index (κ2) is 4.95. The molecule has 0 radical (unpaired) electrons. The number of carbonyl (C=O) groups is 2. The van der Waals surface area contributed by atoms with Crippen LogP contribution in [0.4, 0.5) is 5.82 Å². The summed E-state index contributed by atoms with van der Waals surface area (Å²) >= 11 is 0. The molecule has 19 heavy (non-hydrogen) atoms. The van der Waals surface area contributed by atoms with E-state index < -0.39 is 0 Å². The molecule has 2 amide bonds. The van der Waals surface area contributed by atoms with E-state index in [1.165, 1.54) is 4.90 Å². The first-order valence-electron chi connectivity index (χ1n) is 6.23. The zero-order valence-corrected chi connectivity index (χ0v) is 11.4. The fourth-order valence-electron chi connectivity index (χ4n) is 2.12. The molecule has 2 rings (SSSR count). The SMILES string of the molecule is CNc1cnc(CN2C(=O)CC(C)(C)CC2=O)cn1. The molecule has 1 aliphatic heterocycles. The summed E-state index contributed by atoms with van der Waals surface area (Å²) in [6.07, 6.45) is 3.94. The molecule has 0 aromatic carbocycles. The highest BCUT2D eigenvalue weighted by Crippen LogP contribution is 2.31. The normalized spacial score (nSPS) is 18.6. The molecule has 1 fully saturated rings. The number of rotatable bonds is 3. The summed E-state index contributed by atoms with van der Waals surface area (Å²) in [5, 5.41) is 2.87. The van der Waals surface area contributed by atoms with Crippen molar-refractivity contribution in [1.82, 2.24) is 14.9 Å². The number of carbonyl (C=O) groups excluding carboxylic acids is 2. The lowest BCUT2D eigenvalue weighted by Crippen LogP contribution is -2.45. The average Bonchev–Trinajstić information content (AvgIpc) is 2.33. The first kappa shape index (κ1) is 13.5. The highest BCUT2D eigenvalue weighted by molar-refractivity contribution is 5.98. The van der Waals surface area contributed by atoms with Crippen molar-refractivity contribution in [2.24, 2.45) is 5.41 Å². The van der Waals surface area contributed by atoms with Crippen LogP contribution in [0.2, 0.25) is 0 Å². The van der Waals surface area contributed by atoms with Gasteiger partial charge in [-0.25, -0.2) is 4.98 Å². The Balaban J connectivity index is 2.09. The van der Waals surface area contributed by atoms with Crippen LogP contribution in [-0.4, -0.2) is 33.7 Å². The van der Waals surface area contributed by atoms with Gasteiger partial charge in [0.1, 0.15) is 5.82 Å². The molecule has 102 valence electrons. The molecule has 1 aromatic rings. The van der Waals surface area contributed by atoms with Gasteiger partial charge in [0, 0.05) is 19.9 Å². The summed E-state index contributed by atoms with van der Waals surface area (Å²) in [5.74, 6) is 0.377. The van der Waals surface area contributed by atoms with Crippen molar-refractivity contribution in [3.8, 4) is 0 Å². The number of nitrogens with one attached hydrogen (secondary N) is 1. The van der Waals surface area contributed by atoms with Crippen LogP contribution in [0.1, 0.15) is 32.4 Å². The number of hydrogen-bond acceptors (Lipinski definition) is 5. The molecule has 0 saturated carbocycles. The van der Waals surface area contributed by atoms with Crippen molar-refractivity contribution in [2.75, 3.05) is 12.4 Å². The molecule has 0 bridgehead atoms. The highest BCUT2D eigenvalue weighted by atomic mass is 16.2. The standard InChI is InChI=1S/C13H18N4O2/c1-13(2)4-11(18)17(12(19)5-13)8-9-6-16-10(14-3)7-15-9/h6-7H,4-5,8H2,1-3H3,(H,14,16). The summed E-state index contributed by atoms with van der Waals surface area (Å²) in [4.78, 5) is 33.6. The van der Waals surface area contributed by atoms with E-state index in [4.69, 9.17) is 0 Å². The molecule has 0 atom stereocenters. The van der Waals surface area contributed by atoms with E-state index in [0.29, 0.717) is 24.4 Å². The average molecular weight is 262 g/mol. The Hall–Kier alpha value is -1.98. The van der Waals surface area contributed by atoms with Gasteiger partial charge in [-0.15, -0.1) is 0 Å². The first-order chi connectivity index (χ1) is 8.91. The predicted molar refractivity (Wildman–Crippen MR) is 70.2 cm³/mol.